The molecule has 0 radical (unpaired) electrons. The third-order valence-electron chi connectivity index (χ3n) is 2.08. The monoisotopic (exact) mass is 215 g/mol. The van der Waals surface area contributed by atoms with Gasteiger partial charge in [-0.2, -0.15) is 0 Å². The van der Waals surface area contributed by atoms with Crippen LogP contribution in [-0.4, -0.2) is 24.2 Å². The van der Waals surface area contributed by atoms with Crippen molar-refractivity contribution in [1.82, 2.24) is 5.32 Å². The first-order chi connectivity index (χ1) is 6.85. The highest BCUT2D eigenvalue weighted by atomic mass is 16.6. The highest BCUT2D eigenvalue weighted by molar-refractivity contribution is 5.69. The second kappa shape index (κ2) is 6.83. The zero-order chi connectivity index (χ0) is 11.9. The highest BCUT2D eigenvalue weighted by Crippen LogP contribution is 2.08. The molecule has 1 unspecified atom stereocenters. The maximum Gasteiger partial charge on any atom is 0.306 e. The maximum absolute atomic E-state index is 11.3. The standard InChI is InChI=1S/C12H25NO2/c1-6-10(2)13-9-7-8-11(14)15-12(3,4)5/h10,13H,6-9H2,1-5H3. The van der Waals surface area contributed by atoms with E-state index in [2.05, 4.69) is 19.2 Å². The van der Waals surface area contributed by atoms with Gasteiger partial charge in [0.15, 0.2) is 0 Å². The third-order valence-corrected chi connectivity index (χ3v) is 2.08. The Bertz CT molecular complexity index is 185. The van der Waals surface area contributed by atoms with Crippen LogP contribution in [0.4, 0.5) is 0 Å². The molecule has 0 aliphatic rings. The predicted octanol–water partition coefficient (Wildman–Crippen LogP) is 2.50. The van der Waals surface area contributed by atoms with Gasteiger partial charge in [-0.1, -0.05) is 6.92 Å². The fraction of sp³-hybridized carbons (Fsp3) is 0.917. The smallest absolute Gasteiger partial charge is 0.306 e. The number of ether oxygens (including phenoxy) is 1. The van der Waals surface area contributed by atoms with Gasteiger partial charge in [0, 0.05) is 12.5 Å². The number of hydrogen-bond donors (Lipinski definition) is 1. The summed E-state index contributed by atoms with van der Waals surface area (Å²) in [5.74, 6) is -0.103. The molecule has 1 N–H and O–H groups in total. The topological polar surface area (TPSA) is 38.3 Å². The minimum absolute atomic E-state index is 0.103. The van der Waals surface area contributed by atoms with Gasteiger partial charge in [0.25, 0.3) is 0 Å². The van der Waals surface area contributed by atoms with Crippen LogP contribution in [0.2, 0.25) is 0 Å². The zero-order valence-corrected chi connectivity index (χ0v) is 10.7. The maximum atomic E-state index is 11.3. The molecule has 0 fully saturated rings. The Morgan fingerprint density at radius 1 is 1.40 bits per heavy atom. The summed E-state index contributed by atoms with van der Waals surface area (Å²) < 4.78 is 5.20. The predicted molar refractivity (Wildman–Crippen MR) is 62.8 cm³/mol. The van der Waals surface area contributed by atoms with E-state index in [1.807, 2.05) is 20.8 Å². The molecule has 0 saturated heterocycles. The molecule has 0 rings (SSSR count). The first-order valence-corrected chi connectivity index (χ1v) is 5.80. The van der Waals surface area contributed by atoms with E-state index in [-0.39, 0.29) is 11.6 Å². The molecule has 90 valence electrons. The lowest BCUT2D eigenvalue weighted by atomic mass is 10.2. The molecule has 0 aromatic rings. The molecule has 1 atom stereocenters. The van der Waals surface area contributed by atoms with Crippen LogP contribution in [0.1, 0.15) is 53.9 Å². The second-order valence-corrected chi connectivity index (χ2v) is 4.95. The Labute approximate surface area is 93.6 Å². The fourth-order valence-corrected chi connectivity index (χ4v) is 1.12. The summed E-state index contributed by atoms with van der Waals surface area (Å²) in [6, 6.07) is 0.531. The number of rotatable bonds is 6. The molecule has 0 saturated carbocycles. The molecular weight excluding hydrogens is 190 g/mol. The van der Waals surface area contributed by atoms with Gasteiger partial charge in [-0.25, -0.2) is 0 Å². The Morgan fingerprint density at radius 2 is 2.00 bits per heavy atom. The van der Waals surface area contributed by atoms with Crippen LogP contribution >= 0.6 is 0 Å². The van der Waals surface area contributed by atoms with Crippen molar-refractivity contribution in [1.29, 1.82) is 0 Å². The van der Waals surface area contributed by atoms with Crippen molar-refractivity contribution >= 4 is 5.97 Å². The number of nitrogens with one attached hydrogen (secondary N) is 1. The molecule has 3 nitrogen and oxygen atoms in total. The summed E-state index contributed by atoms with van der Waals surface area (Å²) >= 11 is 0. The summed E-state index contributed by atoms with van der Waals surface area (Å²) in [5, 5.41) is 3.34. The van der Waals surface area contributed by atoms with E-state index in [0.29, 0.717) is 12.5 Å². The van der Waals surface area contributed by atoms with E-state index < -0.39 is 0 Å². The van der Waals surface area contributed by atoms with Crippen molar-refractivity contribution in [2.75, 3.05) is 6.54 Å². The Hall–Kier alpha value is -0.570. The van der Waals surface area contributed by atoms with E-state index in [0.717, 1.165) is 19.4 Å². The quantitative estimate of drug-likeness (QED) is 0.546. The Kier molecular flexibility index (Phi) is 6.57. The fourth-order valence-electron chi connectivity index (χ4n) is 1.12. The van der Waals surface area contributed by atoms with Gasteiger partial charge in [-0.15, -0.1) is 0 Å². The molecule has 0 aliphatic heterocycles. The van der Waals surface area contributed by atoms with Crippen molar-refractivity contribution < 1.29 is 9.53 Å². The number of hydrogen-bond acceptors (Lipinski definition) is 3. The minimum Gasteiger partial charge on any atom is -0.460 e. The average Bonchev–Trinajstić information content (AvgIpc) is 2.09. The lowest BCUT2D eigenvalue weighted by Gasteiger charge is -2.19. The van der Waals surface area contributed by atoms with Crippen LogP contribution in [0.25, 0.3) is 0 Å². The Morgan fingerprint density at radius 3 is 2.47 bits per heavy atom. The molecule has 3 heteroatoms. The molecule has 0 aliphatic carbocycles. The minimum atomic E-state index is -0.360. The summed E-state index contributed by atoms with van der Waals surface area (Å²) in [6.45, 7) is 10.8. The van der Waals surface area contributed by atoms with Gasteiger partial charge in [-0.3, -0.25) is 4.79 Å². The average molecular weight is 215 g/mol. The van der Waals surface area contributed by atoms with Crippen LogP contribution in [0, 0.1) is 0 Å². The molecule has 0 bridgehead atoms. The van der Waals surface area contributed by atoms with E-state index in [9.17, 15) is 4.79 Å². The lowest BCUT2D eigenvalue weighted by molar-refractivity contribution is -0.154. The Balaban J connectivity index is 3.48. The molecule has 15 heavy (non-hydrogen) atoms. The van der Waals surface area contributed by atoms with Crippen LogP contribution in [-0.2, 0) is 9.53 Å². The first kappa shape index (κ1) is 14.4. The SMILES string of the molecule is CCC(C)NCCCC(=O)OC(C)(C)C. The van der Waals surface area contributed by atoms with Crippen molar-refractivity contribution in [3.05, 3.63) is 0 Å². The van der Waals surface area contributed by atoms with Gasteiger partial charge in [0.1, 0.15) is 5.60 Å². The van der Waals surface area contributed by atoms with Gasteiger partial charge in [0.05, 0.1) is 0 Å². The van der Waals surface area contributed by atoms with E-state index in [4.69, 9.17) is 4.74 Å². The van der Waals surface area contributed by atoms with Crippen molar-refractivity contribution in [2.45, 2.75) is 65.5 Å². The normalized spacial score (nSPS) is 13.7. The van der Waals surface area contributed by atoms with E-state index in [1.54, 1.807) is 0 Å². The molecular formula is C12H25NO2. The largest absolute Gasteiger partial charge is 0.460 e. The van der Waals surface area contributed by atoms with Crippen molar-refractivity contribution in [2.24, 2.45) is 0 Å². The zero-order valence-electron chi connectivity index (χ0n) is 10.7. The molecule has 0 amide bonds. The van der Waals surface area contributed by atoms with Crippen LogP contribution in [0.5, 0.6) is 0 Å². The van der Waals surface area contributed by atoms with Crippen LogP contribution < -0.4 is 5.32 Å². The van der Waals surface area contributed by atoms with Gasteiger partial charge in [0.2, 0.25) is 0 Å². The third kappa shape index (κ3) is 9.73. The second-order valence-electron chi connectivity index (χ2n) is 4.95. The molecule has 0 aromatic carbocycles. The summed E-state index contributed by atoms with van der Waals surface area (Å²) in [4.78, 5) is 11.3. The molecule has 0 aromatic heterocycles. The van der Waals surface area contributed by atoms with Crippen molar-refractivity contribution in [3.8, 4) is 0 Å². The van der Waals surface area contributed by atoms with E-state index >= 15 is 0 Å². The van der Waals surface area contributed by atoms with Gasteiger partial charge >= 0.3 is 5.97 Å². The van der Waals surface area contributed by atoms with Crippen molar-refractivity contribution in [3.63, 3.8) is 0 Å². The highest BCUT2D eigenvalue weighted by Gasteiger charge is 2.15. The summed E-state index contributed by atoms with van der Waals surface area (Å²) in [6.07, 6.45) is 2.46. The molecule has 0 heterocycles. The van der Waals surface area contributed by atoms with Gasteiger partial charge < -0.3 is 10.1 Å². The number of carbonyl (C=O) groups excluding carboxylic acids is 1. The molecule has 0 spiro atoms. The van der Waals surface area contributed by atoms with Gasteiger partial charge in [-0.05, 0) is 47.1 Å². The summed E-state index contributed by atoms with van der Waals surface area (Å²) in [7, 11) is 0. The first-order valence-electron chi connectivity index (χ1n) is 5.80. The summed E-state index contributed by atoms with van der Waals surface area (Å²) in [5.41, 5.74) is -0.360. The van der Waals surface area contributed by atoms with Crippen LogP contribution in [0.15, 0.2) is 0 Å². The van der Waals surface area contributed by atoms with Crippen LogP contribution in [0.3, 0.4) is 0 Å². The number of carbonyl (C=O) groups is 1. The van der Waals surface area contributed by atoms with E-state index in [1.165, 1.54) is 0 Å². The number of esters is 1. The lowest BCUT2D eigenvalue weighted by Crippen LogP contribution is -2.28.